The van der Waals surface area contributed by atoms with Gasteiger partial charge in [0.2, 0.25) is 0 Å². The third-order valence-electron chi connectivity index (χ3n) is 5.78. The molecule has 0 heterocycles. The second kappa shape index (κ2) is 9.57. The van der Waals surface area contributed by atoms with Gasteiger partial charge in [-0.1, -0.05) is 24.3 Å². The molecule has 2 unspecified atom stereocenters. The first kappa shape index (κ1) is 20.9. The van der Waals surface area contributed by atoms with Gasteiger partial charge in [0.05, 0.1) is 12.7 Å². The van der Waals surface area contributed by atoms with E-state index in [0.717, 1.165) is 29.7 Å². The number of carboxylic acids is 1. The number of carbonyl (C=O) groups excluding carboxylic acids is 1. The van der Waals surface area contributed by atoms with Crippen LogP contribution < -0.4 is 4.74 Å². The molecule has 0 amide bonds. The van der Waals surface area contributed by atoms with Gasteiger partial charge in [-0.2, -0.15) is 0 Å². The third kappa shape index (κ3) is 4.95. The molecule has 0 bridgehead atoms. The van der Waals surface area contributed by atoms with Crippen LogP contribution in [0, 0.1) is 11.8 Å². The van der Waals surface area contributed by atoms with Gasteiger partial charge in [0, 0.05) is 35.3 Å². The first-order chi connectivity index (χ1) is 13.5. The molecule has 0 aliphatic heterocycles. The topological polar surface area (TPSA) is 83.8 Å². The van der Waals surface area contributed by atoms with Crippen molar-refractivity contribution >= 4 is 23.4 Å². The average molecular weight is 407 g/mol. The van der Waals surface area contributed by atoms with Crippen LogP contribution >= 0.6 is 11.6 Å². The van der Waals surface area contributed by atoms with E-state index in [4.69, 9.17) is 21.4 Å². The van der Waals surface area contributed by atoms with Gasteiger partial charge in [-0.3, -0.25) is 9.59 Å². The van der Waals surface area contributed by atoms with Gasteiger partial charge in [-0.15, -0.1) is 11.6 Å². The van der Waals surface area contributed by atoms with Crippen molar-refractivity contribution < 1.29 is 24.5 Å². The second-order valence-corrected chi connectivity index (χ2v) is 8.22. The van der Waals surface area contributed by atoms with Crippen LogP contribution in [-0.4, -0.2) is 40.1 Å². The fraction of sp³-hybridized carbons (Fsp3) is 0.545. The van der Waals surface area contributed by atoms with E-state index in [1.54, 1.807) is 0 Å². The van der Waals surface area contributed by atoms with Gasteiger partial charge in [0.1, 0.15) is 5.75 Å². The Bertz CT molecular complexity index is 744. The van der Waals surface area contributed by atoms with E-state index in [9.17, 15) is 14.7 Å². The number of ether oxygens (including phenoxy) is 1. The molecule has 0 radical (unpaired) electrons. The second-order valence-electron chi connectivity index (χ2n) is 7.66. The third-order valence-corrected chi connectivity index (χ3v) is 6.28. The van der Waals surface area contributed by atoms with Crippen molar-refractivity contribution in [1.82, 2.24) is 0 Å². The Morgan fingerprint density at radius 2 is 2.07 bits per heavy atom. The van der Waals surface area contributed by atoms with Crippen LogP contribution in [0.3, 0.4) is 0 Å². The number of aliphatic hydroxyl groups excluding tert-OH is 1. The minimum Gasteiger partial charge on any atom is -0.493 e. The number of Topliss-reactive ketones (excluding diaryl/α,β-unsaturated/α-hetero) is 1. The van der Waals surface area contributed by atoms with Gasteiger partial charge in [0.15, 0.2) is 5.78 Å². The van der Waals surface area contributed by atoms with Gasteiger partial charge < -0.3 is 14.9 Å². The molecule has 0 aromatic heterocycles. The number of rotatable bonds is 9. The molecular formula is C22H27ClO5. The number of aliphatic carboxylic acids is 1. The van der Waals surface area contributed by atoms with Crippen molar-refractivity contribution in [3.05, 3.63) is 41.5 Å². The Balaban J connectivity index is 1.57. The molecule has 1 saturated carbocycles. The number of unbranched alkanes of at least 4 members (excludes halogenated alkanes) is 1. The predicted octanol–water partition coefficient (Wildman–Crippen LogP) is 4.00. The summed E-state index contributed by atoms with van der Waals surface area (Å²) < 4.78 is 6.04. The maximum Gasteiger partial charge on any atom is 0.303 e. The Labute approximate surface area is 170 Å². The molecule has 1 fully saturated rings. The summed E-state index contributed by atoms with van der Waals surface area (Å²) in [5, 5.41) is 19.0. The zero-order valence-electron chi connectivity index (χ0n) is 15.9. The highest BCUT2D eigenvalue weighted by Crippen LogP contribution is 2.39. The van der Waals surface area contributed by atoms with Crippen molar-refractivity contribution in [2.24, 2.45) is 11.8 Å². The number of allylic oxidation sites excluding steroid dienone is 2. The molecule has 1 aromatic rings. The van der Waals surface area contributed by atoms with E-state index in [-0.39, 0.29) is 29.4 Å². The number of hydrogen-bond donors (Lipinski definition) is 2. The zero-order chi connectivity index (χ0) is 20.1. The minimum atomic E-state index is -0.778. The van der Waals surface area contributed by atoms with E-state index in [1.165, 1.54) is 0 Å². The molecule has 0 spiro atoms. The van der Waals surface area contributed by atoms with Gasteiger partial charge >= 0.3 is 5.97 Å². The lowest BCUT2D eigenvalue weighted by Gasteiger charge is -2.23. The number of benzene rings is 1. The summed E-state index contributed by atoms with van der Waals surface area (Å²) >= 11 is 6.47. The number of carboxylic acid groups (broad SMARTS) is 1. The number of hydrogen-bond acceptors (Lipinski definition) is 4. The quantitative estimate of drug-likeness (QED) is 0.368. The number of carbonyl (C=O) groups is 2. The Morgan fingerprint density at radius 3 is 2.86 bits per heavy atom. The standard InChI is InChI=1S/C22H27ClO5/c23-18-12-20(25)17(14(18)6-3-1-2-4-9-22(26)27)13-28-21-8-5-7-15-16(21)10-11-19(15)24/h1,3,5,7-8,14,17-18,20,25H,2,4,6,9-13H2,(H,26,27)/t14-,17?,18-,20?/m1/s1. The highest BCUT2D eigenvalue weighted by atomic mass is 35.5. The summed E-state index contributed by atoms with van der Waals surface area (Å²) in [6.45, 7) is 0.368. The lowest BCUT2D eigenvalue weighted by Crippen LogP contribution is -2.27. The Hall–Kier alpha value is -1.85. The maximum atomic E-state index is 11.9. The number of aliphatic hydroxyl groups is 1. The molecule has 5 nitrogen and oxygen atoms in total. The monoisotopic (exact) mass is 406 g/mol. The van der Waals surface area contributed by atoms with Crippen molar-refractivity contribution in [2.75, 3.05) is 6.61 Å². The molecule has 2 aliphatic rings. The molecule has 4 atom stereocenters. The van der Waals surface area contributed by atoms with Crippen molar-refractivity contribution in [2.45, 2.75) is 56.4 Å². The summed E-state index contributed by atoms with van der Waals surface area (Å²) in [6, 6.07) is 5.56. The van der Waals surface area contributed by atoms with Gasteiger partial charge in [-0.05, 0) is 44.1 Å². The summed E-state index contributed by atoms with van der Waals surface area (Å²) in [7, 11) is 0. The van der Waals surface area contributed by atoms with Crippen LogP contribution in [0.15, 0.2) is 30.4 Å². The van der Waals surface area contributed by atoms with E-state index in [1.807, 2.05) is 30.4 Å². The highest BCUT2D eigenvalue weighted by Gasteiger charge is 2.41. The summed E-state index contributed by atoms with van der Waals surface area (Å²) in [6.07, 6.45) is 7.54. The Kier molecular flexibility index (Phi) is 7.13. The summed E-state index contributed by atoms with van der Waals surface area (Å²) in [5.74, 6) is 0.147. The molecule has 0 saturated heterocycles. The molecule has 28 heavy (non-hydrogen) atoms. The van der Waals surface area contributed by atoms with Gasteiger partial charge in [0.25, 0.3) is 0 Å². The number of fused-ring (bicyclic) bond motifs is 1. The maximum absolute atomic E-state index is 11.9. The summed E-state index contributed by atoms with van der Waals surface area (Å²) in [4.78, 5) is 22.4. The fourth-order valence-electron chi connectivity index (χ4n) is 4.21. The average Bonchev–Trinajstić information content (AvgIpc) is 3.16. The molecule has 1 aromatic carbocycles. The van der Waals surface area contributed by atoms with E-state index >= 15 is 0 Å². The normalized spacial score (nSPS) is 26.7. The van der Waals surface area contributed by atoms with Crippen LogP contribution in [0.1, 0.15) is 54.4 Å². The SMILES string of the molecule is O=C(O)CCCC=CC[C@@H]1C(COc2cccc3c2CCC3=O)C(O)C[C@H]1Cl. The number of halogens is 1. The largest absolute Gasteiger partial charge is 0.493 e. The molecule has 3 rings (SSSR count). The van der Waals surface area contributed by atoms with Crippen LogP contribution in [0.5, 0.6) is 5.75 Å². The van der Waals surface area contributed by atoms with Crippen LogP contribution in [0.2, 0.25) is 0 Å². The number of ketones is 1. The predicted molar refractivity (Wildman–Crippen MR) is 107 cm³/mol. The lowest BCUT2D eigenvalue weighted by atomic mass is 9.92. The Morgan fingerprint density at radius 1 is 1.25 bits per heavy atom. The molecule has 6 heteroatoms. The first-order valence-electron chi connectivity index (χ1n) is 9.94. The molecule has 2 N–H and O–H groups in total. The minimum absolute atomic E-state index is 0.0702. The first-order valence-corrected chi connectivity index (χ1v) is 10.4. The lowest BCUT2D eigenvalue weighted by molar-refractivity contribution is -0.137. The van der Waals surface area contributed by atoms with E-state index < -0.39 is 12.1 Å². The fourth-order valence-corrected chi connectivity index (χ4v) is 4.68. The smallest absolute Gasteiger partial charge is 0.303 e. The van der Waals surface area contributed by atoms with Crippen molar-refractivity contribution in [3.8, 4) is 5.75 Å². The molecule has 152 valence electrons. The zero-order valence-corrected chi connectivity index (χ0v) is 16.6. The summed E-state index contributed by atoms with van der Waals surface area (Å²) in [5.41, 5.74) is 1.72. The molecular weight excluding hydrogens is 380 g/mol. The highest BCUT2D eigenvalue weighted by molar-refractivity contribution is 6.21. The van der Waals surface area contributed by atoms with Crippen molar-refractivity contribution in [3.63, 3.8) is 0 Å². The van der Waals surface area contributed by atoms with Gasteiger partial charge in [-0.25, -0.2) is 0 Å². The molecule has 2 aliphatic carbocycles. The van der Waals surface area contributed by atoms with Crippen LogP contribution in [-0.2, 0) is 11.2 Å². The number of alkyl halides is 1. The van der Waals surface area contributed by atoms with Crippen molar-refractivity contribution in [1.29, 1.82) is 0 Å². The van der Waals surface area contributed by atoms with Crippen LogP contribution in [0.25, 0.3) is 0 Å². The van der Waals surface area contributed by atoms with E-state index in [0.29, 0.717) is 32.3 Å². The van der Waals surface area contributed by atoms with Crippen LogP contribution in [0.4, 0.5) is 0 Å². The van der Waals surface area contributed by atoms with E-state index in [2.05, 4.69) is 0 Å².